The molecular weight excluding hydrogens is 230 g/mol. The fraction of sp³-hybridized carbons (Fsp3) is 0.714. The molecule has 1 aromatic rings. The van der Waals surface area contributed by atoms with Gasteiger partial charge in [0.25, 0.3) is 0 Å². The fourth-order valence-electron chi connectivity index (χ4n) is 2.33. The Labute approximate surface area is 108 Å². The topological polar surface area (TPSA) is 21.3 Å². The molecule has 1 aliphatic rings. The number of nitrogens with one attached hydrogen (secondary N) is 1. The average Bonchev–Trinajstić information content (AvgIpc) is 2.81. The van der Waals surface area contributed by atoms with E-state index >= 15 is 0 Å². The molecule has 0 spiro atoms. The van der Waals surface area contributed by atoms with Crippen LogP contribution in [0.4, 0.5) is 0 Å². The maximum absolute atomic E-state index is 5.57. The SMILES string of the molecule is CC1CC(NCC(C)(C)c2cccs2)CCO1. The summed E-state index contributed by atoms with van der Waals surface area (Å²) in [4.78, 5) is 1.46. The minimum atomic E-state index is 0.232. The van der Waals surface area contributed by atoms with Crippen molar-refractivity contribution in [1.29, 1.82) is 0 Å². The Morgan fingerprint density at radius 2 is 2.35 bits per heavy atom. The minimum Gasteiger partial charge on any atom is -0.378 e. The van der Waals surface area contributed by atoms with Gasteiger partial charge in [0.1, 0.15) is 0 Å². The van der Waals surface area contributed by atoms with Crippen LogP contribution in [-0.2, 0) is 10.2 Å². The summed E-state index contributed by atoms with van der Waals surface area (Å²) >= 11 is 1.85. The van der Waals surface area contributed by atoms with E-state index in [2.05, 4.69) is 43.6 Å². The van der Waals surface area contributed by atoms with Crippen molar-refractivity contribution in [3.05, 3.63) is 22.4 Å². The van der Waals surface area contributed by atoms with Crippen molar-refractivity contribution in [1.82, 2.24) is 5.32 Å². The first-order valence-electron chi connectivity index (χ1n) is 6.47. The third kappa shape index (κ3) is 3.54. The van der Waals surface area contributed by atoms with Crippen molar-refractivity contribution in [2.75, 3.05) is 13.2 Å². The highest BCUT2D eigenvalue weighted by Gasteiger charge is 2.25. The number of thiophene rings is 1. The number of ether oxygens (including phenoxy) is 1. The molecule has 1 fully saturated rings. The van der Waals surface area contributed by atoms with Crippen molar-refractivity contribution < 1.29 is 4.74 Å². The predicted molar refractivity (Wildman–Crippen MR) is 73.8 cm³/mol. The average molecular weight is 253 g/mol. The van der Waals surface area contributed by atoms with E-state index in [0.717, 1.165) is 26.0 Å². The summed E-state index contributed by atoms with van der Waals surface area (Å²) in [5.41, 5.74) is 0.232. The van der Waals surface area contributed by atoms with Crippen LogP contribution >= 0.6 is 11.3 Å². The van der Waals surface area contributed by atoms with E-state index in [4.69, 9.17) is 4.74 Å². The predicted octanol–water partition coefficient (Wildman–Crippen LogP) is 3.18. The Kier molecular flexibility index (Phi) is 4.23. The van der Waals surface area contributed by atoms with E-state index in [1.807, 2.05) is 11.3 Å². The molecule has 0 amide bonds. The van der Waals surface area contributed by atoms with Gasteiger partial charge in [-0.15, -0.1) is 11.3 Å². The van der Waals surface area contributed by atoms with Crippen molar-refractivity contribution in [2.24, 2.45) is 0 Å². The molecule has 1 aliphatic heterocycles. The Morgan fingerprint density at radius 1 is 1.53 bits per heavy atom. The molecule has 3 heteroatoms. The zero-order valence-corrected chi connectivity index (χ0v) is 11.8. The Bertz CT molecular complexity index is 334. The number of rotatable bonds is 4. The molecule has 2 atom stereocenters. The number of hydrogen-bond donors (Lipinski definition) is 1. The van der Waals surface area contributed by atoms with Crippen LogP contribution in [0.25, 0.3) is 0 Å². The molecule has 0 aromatic carbocycles. The highest BCUT2D eigenvalue weighted by molar-refractivity contribution is 7.10. The first-order valence-corrected chi connectivity index (χ1v) is 7.35. The first kappa shape index (κ1) is 13.1. The molecule has 0 bridgehead atoms. The summed E-state index contributed by atoms with van der Waals surface area (Å²) in [7, 11) is 0. The molecule has 1 aromatic heterocycles. The van der Waals surface area contributed by atoms with Crippen LogP contribution in [0.5, 0.6) is 0 Å². The van der Waals surface area contributed by atoms with Gasteiger partial charge in [0.05, 0.1) is 6.10 Å². The lowest BCUT2D eigenvalue weighted by Crippen LogP contribution is -2.43. The van der Waals surface area contributed by atoms with Gasteiger partial charge in [-0.25, -0.2) is 0 Å². The first-order chi connectivity index (χ1) is 8.08. The highest BCUT2D eigenvalue weighted by atomic mass is 32.1. The zero-order valence-electron chi connectivity index (χ0n) is 11.0. The minimum absolute atomic E-state index is 0.232. The van der Waals surface area contributed by atoms with Gasteiger partial charge >= 0.3 is 0 Å². The molecule has 96 valence electrons. The summed E-state index contributed by atoms with van der Waals surface area (Å²) in [5.74, 6) is 0. The summed E-state index contributed by atoms with van der Waals surface area (Å²) in [6.45, 7) is 8.74. The van der Waals surface area contributed by atoms with Gasteiger partial charge in [-0.05, 0) is 31.2 Å². The Balaban J connectivity index is 1.85. The molecule has 2 rings (SSSR count). The highest BCUT2D eigenvalue weighted by Crippen LogP contribution is 2.27. The maximum Gasteiger partial charge on any atom is 0.0561 e. The van der Waals surface area contributed by atoms with Gasteiger partial charge in [0.2, 0.25) is 0 Å². The van der Waals surface area contributed by atoms with Gasteiger partial charge in [0.15, 0.2) is 0 Å². The lowest BCUT2D eigenvalue weighted by atomic mass is 9.90. The molecule has 17 heavy (non-hydrogen) atoms. The Hall–Kier alpha value is -0.380. The normalized spacial score (nSPS) is 26.1. The molecule has 2 unspecified atom stereocenters. The van der Waals surface area contributed by atoms with E-state index in [0.29, 0.717) is 12.1 Å². The van der Waals surface area contributed by atoms with Crippen molar-refractivity contribution in [2.45, 2.75) is 51.2 Å². The molecule has 1 saturated heterocycles. The quantitative estimate of drug-likeness (QED) is 0.890. The second kappa shape index (κ2) is 5.51. The Morgan fingerprint density at radius 3 is 3.00 bits per heavy atom. The van der Waals surface area contributed by atoms with Gasteiger partial charge in [-0.1, -0.05) is 19.9 Å². The molecule has 0 aliphatic carbocycles. The van der Waals surface area contributed by atoms with E-state index in [9.17, 15) is 0 Å². The lowest BCUT2D eigenvalue weighted by molar-refractivity contribution is 0.0126. The summed E-state index contributed by atoms with van der Waals surface area (Å²) in [6, 6.07) is 5.00. The van der Waals surface area contributed by atoms with E-state index in [1.165, 1.54) is 4.88 Å². The maximum atomic E-state index is 5.57. The van der Waals surface area contributed by atoms with Crippen LogP contribution in [0, 0.1) is 0 Å². The smallest absolute Gasteiger partial charge is 0.0561 e. The summed E-state index contributed by atoms with van der Waals surface area (Å²) in [6.07, 6.45) is 2.69. The summed E-state index contributed by atoms with van der Waals surface area (Å²) in [5, 5.41) is 5.87. The van der Waals surface area contributed by atoms with Crippen LogP contribution in [0.3, 0.4) is 0 Å². The standard InChI is InChI=1S/C14H23NOS/c1-11-9-12(6-7-16-11)15-10-14(2,3)13-5-4-8-17-13/h4-5,8,11-12,15H,6-7,9-10H2,1-3H3. The third-order valence-corrected chi connectivity index (χ3v) is 4.74. The van der Waals surface area contributed by atoms with E-state index in [1.54, 1.807) is 0 Å². The van der Waals surface area contributed by atoms with Crippen LogP contribution in [-0.4, -0.2) is 25.3 Å². The van der Waals surface area contributed by atoms with E-state index in [-0.39, 0.29) is 5.41 Å². The molecular formula is C14H23NOS. The second-order valence-corrected chi connectivity index (χ2v) is 6.59. The molecule has 2 nitrogen and oxygen atoms in total. The monoisotopic (exact) mass is 253 g/mol. The molecule has 2 heterocycles. The molecule has 0 saturated carbocycles. The lowest BCUT2D eigenvalue weighted by Gasteiger charge is -2.32. The van der Waals surface area contributed by atoms with E-state index < -0.39 is 0 Å². The third-order valence-electron chi connectivity index (χ3n) is 3.51. The van der Waals surface area contributed by atoms with Gasteiger partial charge in [-0.3, -0.25) is 0 Å². The van der Waals surface area contributed by atoms with Crippen molar-refractivity contribution >= 4 is 11.3 Å². The van der Waals surface area contributed by atoms with Gasteiger partial charge in [-0.2, -0.15) is 0 Å². The van der Waals surface area contributed by atoms with Gasteiger partial charge in [0, 0.05) is 29.5 Å². The zero-order chi connectivity index (χ0) is 12.3. The fourth-order valence-corrected chi connectivity index (χ4v) is 3.19. The second-order valence-electron chi connectivity index (χ2n) is 5.64. The molecule has 1 N–H and O–H groups in total. The van der Waals surface area contributed by atoms with Gasteiger partial charge < -0.3 is 10.1 Å². The number of hydrogen-bond acceptors (Lipinski definition) is 3. The van der Waals surface area contributed by atoms with Crippen molar-refractivity contribution in [3.8, 4) is 0 Å². The van der Waals surface area contributed by atoms with Crippen LogP contribution in [0.2, 0.25) is 0 Å². The van der Waals surface area contributed by atoms with Crippen LogP contribution in [0.15, 0.2) is 17.5 Å². The largest absolute Gasteiger partial charge is 0.378 e. The van der Waals surface area contributed by atoms with Crippen LogP contribution in [0.1, 0.15) is 38.5 Å². The summed E-state index contributed by atoms with van der Waals surface area (Å²) < 4.78 is 5.57. The van der Waals surface area contributed by atoms with Crippen molar-refractivity contribution in [3.63, 3.8) is 0 Å². The van der Waals surface area contributed by atoms with Crippen LogP contribution < -0.4 is 5.32 Å². The molecule has 0 radical (unpaired) electrons.